The van der Waals surface area contributed by atoms with Crippen molar-refractivity contribution < 1.29 is 4.79 Å². The van der Waals surface area contributed by atoms with Crippen LogP contribution in [0.4, 0.5) is 0 Å². The maximum Gasteiger partial charge on any atom is 0.155 e. The van der Waals surface area contributed by atoms with Crippen LogP contribution >= 0.6 is 0 Å². The number of hydrogen-bond acceptors (Lipinski definition) is 1. The second-order valence-corrected chi connectivity index (χ2v) is 5.82. The summed E-state index contributed by atoms with van der Waals surface area (Å²) in [4.78, 5) is 11.8. The standard InChI is InChI=1S/C19H28O/c1-6-8-15(4)18(13-19(20)7-2)12-17-10-9-14(3)16(5)11-17/h9-11,13,15H,6-8,12H2,1-5H3/b18-13-. The zero-order chi connectivity index (χ0) is 15.1. The van der Waals surface area contributed by atoms with Crippen LogP contribution in [0.25, 0.3) is 0 Å². The molecule has 0 N–H and O–H groups in total. The van der Waals surface area contributed by atoms with Crippen molar-refractivity contribution in [2.45, 2.75) is 60.3 Å². The summed E-state index contributed by atoms with van der Waals surface area (Å²) in [5.41, 5.74) is 5.24. The van der Waals surface area contributed by atoms with Gasteiger partial charge < -0.3 is 0 Å². The highest BCUT2D eigenvalue weighted by atomic mass is 16.1. The van der Waals surface area contributed by atoms with E-state index in [1.54, 1.807) is 0 Å². The van der Waals surface area contributed by atoms with Gasteiger partial charge in [0, 0.05) is 6.42 Å². The second-order valence-electron chi connectivity index (χ2n) is 5.82. The van der Waals surface area contributed by atoms with Crippen LogP contribution in [0, 0.1) is 19.8 Å². The molecule has 0 aromatic heterocycles. The summed E-state index contributed by atoms with van der Waals surface area (Å²) in [7, 11) is 0. The Morgan fingerprint density at radius 2 is 1.90 bits per heavy atom. The van der Waals surface area contributed by atoms with E-state index in [1.165, 1.54) is 22.3 Å². The van der Waals surface area contributed by atoms with E-state index < -0.39 is 0 Å². The predicted octanol–water partition coefficient (Wildman–Crippen LogP) is 5.19. The lowest BCUT2D eigenvalue weighted by atomic mass is 9.89. The molecule has 0 amide bonds. The molecule has 0 spiro atoms. The lowest BCUT2D eigenvalue weighted by Gasteiger charge is -2.16. The molecule has 0 saturated carbocycles. The van der Waals surface area contributed by atoms with Gasteiger partial charge in [0.2, 0.25) is 0 Å². The van der Waals surface area contributed by atoms with Crippen molar-refractivity contribution in [3.8, 4) is 0 Å². The van der Waals surface area contributed by atoms with E-state index >= 15 is 0 Å². The molecule has 0 aliphatic carbocycles. The molecule has 110 valence electrons. The van der Waals surface area contributed by atoms with E-state index in [0.29, 0.717) is 12.3 Å². The summed E-state index contributed by atoms with van der Waals surface area (Å²) in [6, 6.07) is 6.61. The number of hydrogen-bond donors (Lipinski definition) is 0. The topological polar surface area (TPSA) is 17.1 Å². The van der Waals surface area contributed by atoms with Crippen LogP contribution < -0.4 is 0 Å². The molecular weight excluding hydrogens is 244 g/mol. The Morgan fingerprint density at radius 1 is 1.20 bits per heavy atom. The first kappa shape index (κ1) is 16.7. The Kier molecular flexibility index (Phi) is 6.70. The van der Waals surface area contributed by atoms with Gasteiger partial charge in [0.25, 0.3) is 0 Å². The minimum atomic E-state index is 0.242. The first-order chi connectivity index (χ1) is 9.47. The van der Waals surface area contributed by atoms with Gasteiger partial charge in [0.05, 0.1) is 0 Å². The van der Waals surface area contributed by atoms with Gasteiger partial charge in [0.1, 0.15) is 0 Å². The van der Waals surface area contributed by atoms with Crippen LogP contribution in [-0.4, -0.2) is 5.78 Å². The van der Waals surface area contributed by atoms with Gasteiger partial charge >= 0.3 is 0 Å². The molecule has 1 rings (SSSR count). The summed E-state index contributed by atoms with van der Waals surface area (Å²) in [6.07, 6.45) is 5.68. The molecule has 0 aliphatic heterocycles. The number of rotatable bonds is 7. The average Bonchev–Trinajstić information content (AvgIpc) is 2.42. The number of carbonyl (C=O) groups is 1. The molecule has 1 nitrogen and oxygen atoms in total. The van der Waals surface area contributed by atoms with Gasteiger partial charge in [-0.25, -0.2) is 0 Å². The van der Waals surface area contributed by atoms with Crippen LogP contribution in [0.3, 0.4) is 0 Å². The minimum Gasteiger partial charge on any atom is -0.295 e. The van der Waals surface area contributed by atoms with Crippen LogP contribution in [-0.2, 0) is 11.2 Å². The van der Waals surface area contributed by atoms with Crippen molar-refractivity contribution in [2.75, 3.05) is 0 Å². The van der Waals surface area contributed by atoms with Gasteiger partial charge in [-0.05, 0) is 55.4 Å². The molecule has 0 aliphatic rings. The van der Waals surface area contributed by atoms with Gasteiger partial charge in [0.15, 0.2) is 5.78 Å². The molecule has 0 saturated heterocycles. The summed E-state index contributed by atoms with van der Waals surface area (Å²) >= 11 is 0. The van der Waals surface area contributed by atoms with Crippen LogP contribution in [0.15, 0.2) is 29.8 Å². The third-order valence-corrected chi connectivity index (χ3v) is 4.03. The normalized spacial score (nSPS) is 13.3. The van der Waals surface area contributed by atoms with E-state index in [9.17, 15) is 4.79 Å². The van der Waals surface area contributed by atoms with Crippen molar-refractivity contribution in [1.29, 1.82) is 0 Å². The zero-order valence-corrected chi connectivity index (χ0v) is 13.6. The first-order valence-corrected chi connectivity index (χ1v) is 7.77. The maximum absolute atomic E-state index is 11.8. The first-order valence-electron chi connectivity index (χ1n) is 7.77. The summed E-state index contributed by atoms with van der Waals surface area (Å²) in [6.45, 7) is 10.6. The third-order valence-electron chi connectivity index (χ3n) is 4.03. The lowest BCUT2D eigenvalue weighted by molar-refractivity contribution is -0.114. The number of aryl methyl sites for hydroxylation is 2. The smallest absolute Gasteiger partial charge is 0.155 e. The van der Waals surface area contributed by atoms with E-state index in [1.807, 2.05) is 13.0 Å². The molecule has 1 atom stereocenters. The fourth-order valence-electron chi connectivity index (χ4n) is 2.44. The Hall–Kier alpha value is -1.37. The number of benzene rings is 1. The Labute approximate surface area is 124 Å². The zero-order valence-electron chi connectivity index (χ0n) is 13.6. The summed E-state index contributed by atoms with van der Waals surface area (Å²) in [5, 5.41) is 0. The number of ketones is 1. The van der Waals surface area contributed by atoms with Crippen molar-refractivity contribution in [3.63, 3.8) is 0 Å². The highest BCUT2D eigenvalue weighted by Gasteiger charge is 2.11. The van der Waals surface area contributed by atoms with Crippen molar-refractivity contribution in [3.05, 3.63) is 46.5 Å². The van der Waals surface area contributed by atoms with E-state index in [2.05, 4.69) is 45.9 Å². The monoisotopic (exact) mass is 272 g/mol. The quantitative estimate of drug-likeness (QED) is 0.624. The van der Waals surface area contributed by atoms with Crippen molar-refractivity contribution >= 4 is 5.78 Å². The summed E-state index contributed by atoms with van der Waals surface area (Å²) < 4.78 is 0. The molecular formula is C19H28O. The minimum absolute atomic E-state index is 0.242. The van der Waals surface area contributed by atoms with Crippen LogP contribution in [0.1, 0.15) is 56.7 Å². The molecule has 1 unspecified atom stereocenters. The van der Waals surface area contributed by atoms with Gasteiger partial charge in [-0.3, -0.25) is 4.79 Å². The fourth-order valence-corrected chi connectivity index (χ4v) is 2.44. The molecule has 0 heterocycles. The molecule has 0 fully saturated rings. The Bertz CT molecular complexity index is 483. The fraction of sp³-hybridized carbons (Fsp3) is 0.526. The van der Waals surface area contributed by atoms with E-state index in [4.69, 9.17) is 0 Å². The predicted molar refractivity (Wildman–Crippen MR) is 87.1 cm³/mol. The Balaban J connectivity index is 2.96. The number of carbonyl (C=O) groups excluding carboxylic acids is 1. The van der Waals surface area contributed by atoms with Crippen molar-refractivity contribution in [2.24, 2.45) is 5.92 Å². The molecule has 20 heavy (non-hydrogen) atoms. The highest BCUT2D eigenvalue weighted by Crippen LogP contribution is 2.22. The molecule has 0 bridgehead atoms. The SMILES string of the molecule is CCCC(C)/C(=C\C(=O)CC)Cc1ccc(C)c(C)c1. The van der Waals surface area contributed by atoms with E-state index in [0.717, 1.165) is 19.3 Å². The largest absolute Gasteiger partial charge is 0.295 e. The molecule has 1 aromatic rings. The number of allylic oxidation sites excluding steroid dienone is 2. The molecule has 1 heteroatoms. The van der Waals surface area contributed by atoms with Crippen molar-refractivity contribution in [1.82, 2.24) is 0 Å². The molecule has 0 radical (unpaired) electrons. The summed E-state index contributed by atoms with van der Waals surface area (Å²) in [5.74, 6) is 0.726. The van der Waals surface area contributed by atoms with Gasteiger partial charge in [-0.2, -0.15) is 0 Å². The average molecular weight is 272 g/mol. The second kappa shape index (κ2) is 8.04. The van der Waals surface area contributed by atoms with E-state index in [-0.39, 0.29) is 5.78 Å². The highest BCUT2D eigenvalue weighted by molar-refractivity contribution is 5.90. The third kappa shape index (κ3) is 4.96. The maximum atomic E-state index is 11.8. The van der Waals surface area contributed by atoms with Crippen LogP contribution in [0.2, 0.25) is 0 Å². The Morgan fingerprint density at radius 3 is 2.45 bits per heavy atom. The van der Waals surface area contributed by atoms with Crippen LogP contribution in [0.5, 0.6) is 0 Å². The van der Waals surface area contributed by atoms with Gasteiger partial charge in [-0.1, -0.05) is 51.0 Å². The molecule has 1 aromatic carbocycles. The van der Waals surface area contributed by atoms with Gasteiger partial charge in [-0.15, -0.1) is 0 Å². The lowest BCUT2D eigenvalue weighted by Crippen LogP contribution is -2.06.